The largest absolute Gasteiger partial charge is 0.300 e. The third-order valence-electron chi connectivity index (χ3n) is 2.72. The van der Waals surface area contributed by atoms with Crippen molar-refractivity contribution in [1.29, 1.82) is 0 Å². The lowest BCUT2D eigenvalue weighted by molar-refractivity contribution is 0.166. The molecule has 0 aromatic heterocycles. The molecule has 0 N–H and O–H groups in total. The highest BCUT2D eigenvalue weighted by atomic mass is 79.9. The van der Waals surface area contributed by atoms with Crippen LogP contribution in [-0.4, -0.2) is 41.4 Å². The van der Waals surface area contributed by atoms with Crippen LogP contribution in [0.15, 0.2) is 0 Å². The maximum atomic E-state index is 3.61. The normalized spacial score (nSPS) is 24.9. The topological polar surface area (TPSA) is 3.24 Å². The first-order chi connectivity index (χ1) is 6.38. The van der Waals surface area contributed by atoms with E-state index in [0.717, 1.165) is 11.4 Å². The van der Waals surface area contributed by atoms with Crippen LogP contribution in [0.25, 0.3) is 0 Å². The number of likely N-dealkylation sites (tertiary alicyclic amines) is 1. The molecule has 1 atom stereocenters. The third-order valence-corrected chi connectivity index (χ3v) is 4.17. The molecule has 1 rings (SSSR count). The van der Waals surface area contributed by atoms with Gasteiger partial charge in [0.25, 0.3) is 0 Å². The summed E-state index contributed by atoms with van der Waals surface area (Å²) in [4.78, 5) is 2.66. The predicted octanol–water partition coefficient (Wildman–Crippen LogP) is 2.99. The molecule has 1 aliphatic heterocycles. The van der Waals surface area contributed by atoms with Gasteiger partial charge < -0.3 is 0 Å². The Kier molecular flexibility index (Phi) is 6.51. The lowest BCUT2D eigenvalue weighted by atomic mass is 10.0. The van der Waals surface area contributed by atoms with E-state index < -0.39 is 0 Å². The maximum Gasteiger partial charge on any atom is 0.0192 e. The lowest BCUT2D eigenvalue weighted by Crippen LogP contribution is -2.41. The fourth-order valence-electron chi connectivity index (χ4n) is 1.94. The number of hydrogen-bond acceptors (Lipinski definition) is 2. The van der Waals surface area contributed by atoms with Gasteiger partial charge in [-0.1, -0.05) is 22.4 Å². The molecular weight excluding hydrogens is 246 g/mol. The molecule has 0 radical (unpaired) electrons. The highest BCUT2D eigenvalue weighted by Gasteiger charge is 2.20. The Morgan fingerprint density at radius 1 is 1.46 bits per heavy atom. The Morgan fingerprint density at radius 3 is 3.00 bits per heavy atom. The Balaban J connectivity index is 2.19. The van der Waals surface area contributed by atoms with Crippen molar-refractivity contribution in [3.05, 3.63) is 0 Å². The molecule has 0 spiro atoms. The predicted molar refractivity (Wildman–Crippen MR) is 66.0 cm³/mol. The summed E-state index contributed by atoms with van der Waals surface area (Å²) in [5, 5.41) is 1.16. The number of thioether (sulfide) groups is 1. The van der Waals surface area contributed by atoms with Crippen LogP contribution in [0.1, 0.15) is 25.7 Å². The van der Waals surface area contributed by atoms with Gasteiger partial charge in [-0.05, 0) is 44.4 Å². The number of halogens is 1. The molecule has 0 saturated carbocycles. The summed E-state index contributed by atoms with van der Waals surface area (Å²) in [5.41, 5.74) is 0. The third kappa shape index (κ3) is 4.22. The van der Waals surface area contributed by atoms with E-state index in [0.29, 0.717) is 0 Å². The lowest BCUT2D eigenvalue weighted by Gasteiger charge is -2.34. The summed E-state index contributed by atoms with van der Waals surface area (Å²) in [7, 11) is 0. The van der Waals surface area contributed by atoms with Crippen LogP contribution in [0.5, 0.6) is 0 Å². The number of hydrogen-bond donors (Lipinski definition) is 0. The van der Waals surface area contributed by atoms with Crippen molar-refractivity contribution in [3.63, 3.8) is 0 Å². The molecule has 1 saturated heterocycles. The van der Waals surface area contributed by atoms with Gasteiger partial charge in [0.1, 0.15) is 0 Å². The van der Waals surface area contributed by atoms with Gasteiger partial charge in [-0.3, -0.25) is 4.90 Å². The zero-order chi connectivity index (χ0) is 9.52. The van der Waals surface area contributed by atoms with Crippen LogP contribution in [0.3, 0.4) is 0 Å². The summed E-state index contributed by atoms with van der Waals surface area (Å²) in [6, 6.07) is 0.815. The first kappa shape index (κ1) is 11.9. The second kappa shape index (κ2) is 7.13. The van der Waals surface area contributed by atoms with Crippen molar-refractivity contribution in [2.45, 2.75) is 31.7 Å². The van der Waals surface area contributed by atoms with E-state index in [-0.39, 0.29) is 0 Å². The van der Waals surface area contributed by atoms with E-state index in [4.69, 9.17) is 0 Å². The molecule has 1 nitrogen and oxygen atoms in total. The van der Waals surface area contributed by atoms with E-state index in [9.17, 15) is 0 Å². The summed E-state index contributed by atoms with van der Waals surface area (Å²) < 4.78 is 0. The number of piperidine rings is 1. The van der Waals surface area contributed by atoms with Crippen molar-refractivity contribution in [1.82, 2.24) is 4.90 Å². The average Bonchev–Trinajstić information content (AvgIpc) is 2.19. The SMILES string of the molecule is CSCCCN1CCCCC1CBr. The number of alkyl halides is 1. The molecule has 13 heavy (non-hydrogen) atoms. The maximum absolute atomic E-state index is 3.61. The zero-order valence-corrected chi connectivity index (χ0v) is 10.9. The Morgan fingerprint density at radius 2 is 2.31 bits per heavy atom. The summed E-state index contributed by atoms with van der Waals surface area (Å²) in [5.74, 6) is 1.31. The van der Waals surface area contributed by atoms with Crippen molar-refractivity contribution >= 4 is 27.7 Å². The van der Waals surface area contributed by atoms with E-state index in [1.165, 1.54) is 44.5 Å². The Labute approximate surface area is 94.8 Å². The van der Waals surface area contributed by atoms with E-state index in [2.05, 4.69) is 27.1 Å². The van der Waals surface area contributed by atoms with Gasteiger partial charge in [-0.25, -0.2) is 0 Å². The Hall–Kier alpha value is 0.790. The highest BCUT2D eigenvalue weighted by molar-refractivity contribution is 9.09. The molecular formula is C10H20BrNS. The second-order valence-corrected chi connectivity index (χ2v) is 5.32. The smallest absolute Gasteiger partial charge is 0.0192 e. The molecule has 3 heteroatoms. The van der Waals surface area contributed by atoms with E-state index >= 15 is 0 Å². The first-order valence-corrected chi connectivity index (χ1v) is 7.69. The minimum absolute atomic E-state index is 0.815. The van der Waals surface area contributed by atoms with Gasteiger partial charge in [0.15, 0.2) is 0 Å². The molecule has 0 bridgehead atoms. The fraction of sp³-hybridized carbons (Fsp3) is 1.00. The molecule has 1 fully saturated rings. The summed E-state index contributed by atoms with van der Waals surface area (Å²) >= 11 is 5.57. The van der Waals surface area contributed by atoms with Crippen LogP contribution in [0.2, 0.25) is 0 Å². The van der Waals surface area contributed by atoms with Crippen LogP contribution < -0.4 is 0 Å². The van der Waals surface area contributed by atoms with Crippen molar-refractivity contribution in [3.8, 4) is 0 Å². The van der Waals surface area contributed by atoms with Gasteiger partial charge in [-0.2, -0.15) is 11.8 Å². The van der Waals surface area contributed by atoms with Crippen LogP contribution in [0.4, 0.5) is 0 Å². The molecule has 1 aliphatic rings. The van der Waals surface area contributed by atoms with E-state index in [1.807, 2.05) is 11.8 Å². The van der Waals surface area contributed by atoms with Gasteiger partial charge in [0, 0.05) is 11.4 Å². The second-order valence-electron chi connectivity index (χ2n) is 3.69. The van der Waals surface area contributed by atoms with Gasteiger partial charge in [0.2, 0.25) is 0 Å². The number of rotatable bonds is 5. The summed E-state index contributed by atoms with van der Waals surface area (Å²) in [6.07, 6.45) is 7.77. The quantitative estimate of drug-likeness (QED) is 0.556. The van der Waals surface area contributed by atoms with Crippen LogP contribution in [0, 0.1) is 0 Å². The monoisotopic (exact) mass is 265 g/mol. The van der Waals surface area contributed by atoms with Crippen LogP contribution in [-0.2, 0) is 0 Å². The van der Waals surface area contributed by atoms with E-state index in [1.54, 1.807) is 0 Å². The minimum atomic E-state index is 0.815. The van der Waals surface area contributed by atoms with Gasteiger partial charge in [-0.15, -0.1) is 0 Å². The molecule has 78 valence electrons. The average molecular weight is 266 g/mol. The molecule has 0 aromatic rings. The first-order valence-electron chi connectivity index (χ1n) is 5.17. The minimum Gasteiger partial charge on any atom is -0.300 e. The van der Waals surface area contributed by atoms with Crippen molar-refractivity contribution in [2.75, 3.05) is 30.4 Å². The zero-order valence-electron chi connectivity index (χ0n) is 8.47. The van der Waals surface area contributed by atoms with Gasteiger partial charge in [0.05, 0.1) is 0 Å². The summed E-state index contributed by atoms with van der Waals surface area (Å²) in [6.45, 7) is 2.63. The molecule has 0 amide bonds. The van der Waals surface area contributed by atoms with Crippen molar-refractivity contribution < 1.29 is 0 Å². The Bertz CT molecular complexity index is 132. The van der Waals surface area contributed by atoms with Crippen molar-refractivity contribution in [2.24, 2.45) is 0 Å². The highest BCUT2D eigenvalue weighted by Crippen LogP contribution is 2.18. The molecule has 0 aliphatic carbocycles. The molecule has 1 heterocycles. The van der Waals surface area contributed by atoms with Crippen LogP contribution >= 0.6 is 27.7 Å². The standard InChI is InChI=1S/C10H20BrNS/c1-13-8-4-7-12-6-3-2-5-10(12)9-11/h10H,2-9H2,1H3. The number of nitrogens with zero attached hydrogens (tertiary/aromatic N) is 1. The van der Waals surface area contributed by atoms with Gasteiger partial charge >= 0.3 is 0 Å². The molecule has 1 unspecified atom stereocenters. The fourth-order valence-corrected chi connectivity index (χ4v) is 3.09. The molecule has 0 aromatic carbocycles.